The third-order valence-electron chi connectivity index (χ3n) is 4.59. The molecule has 134 valence electrons. The fourth-order valence-electron chi connectivity index (χ4n) is 3.09. The van der Waals surface area contributed by atoms with Gasteiger partial charge >= 0.3 is 0 Å². The molecule has 3 aromatic carbocycles. The van der Waals surface area contributed by atoms with Gasteiger partial charge in [0, 0.05) is 16.8 Å². The van der Waals surface area contributed by atoms with E-state index in [1.165, 1.54) is 0 Å². The lowest BCUT2D eigenvalue weighted by molar-refractivity contribution is 0.0169. The molecule has 26 heavy (non-hydrogen) atoms. The minimum Gasteiger partial charge on any atom is -0.390 e. The molecule has 0 fully saturated rings. The summed E-state index contributed by atoms with van der Waals surface area (Å²) in [5.74, 6) is 0. The Morgan fingerprint density at radius 1 is 0.692 bits per heavy atom. The Labute approximate surface area is 154 Å². The van der Waals surface area contributed by atoms with Crippen LogP contribution in [0.5, 0.6) is 0 Å². The monoisotopic (exact) mass is 366 g/mol. The van der Waals surface area contributed by atoms with E-state index in [1.807, 2.05) is 78.9 Å². The van der Waals surface area contributed by atoms with Crippen molar-refractivity contribution < 1.29 is 14.8 Å². The second kappa shape index (κ2) is 8.46. The van der Waals surface area contributed by atoms with Crippen LogP contribution >= 0.6 is 7.14 Å². The van der Waals surface area contributed by atoms with Gasteiger partial charge < -0.3 is 14.8 Å². The number of hydrogen-bond acceptors (Lipinski definition) is 3. The van der Waals surface area contributed by atoms with E-state index < -0.39 is 19.3 Å². The molecular weight excluding hydrogens is 343 g/mol. The largest absolute Gasteiger partial charge is 0.390 e. The van der Waals surface area contributed by atoms with Gasteiger partial charge in [-0.2, -0.15) is 0 Å². The van der Waals surface area contributed by atoms with Crippen LogP contribution in [0.1, 0.15) is 18.1 Å². The molecule has 0 saturated carbocycles. The second-order valence-corrected chi connectivity index (χ2v) is 9.31. The molecule has 0 aliphatic heterocycles. The molecule has 3 nitrogen and oxygen atoms in total. The highest BCUT2D eigenvalue weighted by Gasteiger charge is 2.29. The Bertz CT molecular complexity index is 807. The van der Waals surface area contributed by atoms with Crippen LogP contribution in [0.25, 0.3) is 0 Å². The highest BCUT2D eigenvalue weighted by atomic mass is 31.2. The van der Waals surface area contributed by atoms with Crippen molar-refractivity contribution in [2.75, 3.05) is 6.16 Å². The molecule has 0 radical (unpaired) electrons. The molecule has 0 saturated heterocycles. The van der Waals surface area contributed by atoms with E-state index in [0.717, 1.165) is 10.6 Å². The molecular formula is C22H23O3P. The van der Waals surface area contributed by atoms with E-state index in [9.17, 15) is 14.8 Å². The summed E-state index contributed by atoms with van der Waals surface area (Å²) < 4.78 is 13.9. The van der Waals surface area contributed by atoms with Crippen LogP contribution in [-0.4, -0.2) is 22.5 Å². The number of hydrogen-bond donors (Lipinski definition) is 2. The summed E-state index contributed by atoms with van der Waals surface area (Å²) >= 11 is 0. The van der Waals surface area contributed by atoms with Crippen molar-refractivity contribution in [2.45, 2.75) is 18.6 Å². The SMILES string of the molecule is O=P(CC[C@H](O)[C@@H](O)c1ccccc1)(c1ccccc1)c1ccccc1. The Kier molecular flexibility index (Phi) is 6.05. The van der Waals surface area contributed by atoms with Gasteiger partial charge in [0.2, 0.25) is 0 Å². The number of benzene rings is 3. The average molecular weight is 366 g/mol. The zero-order valence-electron chi connectivity index (χ0n) is 14.5. The molecule has 0 bridgehead atoms. The molecule has 3 aromatic rings. The predicted octanol–water partition coefficient (Wildman–Crippen LogP) is 3.49. The van der Waals surface area contributed by atoms with Crippen molar-refractivity contribution in [3.05, 3.63) is 96.6 Å². The van der Waals surface area contributed by atoms with E-state index in [-0.39, 0.29) is 6.42 Å². The van der Waals surface area contributed by atoms with E-state index in [0.29, 0.717) is 11.7 Å². The fourth-order valence-corrected chi connectivity index (χ4v) is 5.84. The minimum absolute atomic E-state index is 0.247. The van der Waals surface area contributed by atoms with Gasteiger partial charge in [0.05, 0.1) is 6.10 Å². The fraction of sp³-hybridized carbons (Fsp3) is 0.182. The van der Waals surface area contributed by atoms with Gasteiger partial charge in [0.1, 0.15) is 13.2 Å². The topological polar surface area (TPSA) is 57.5 Å². The van der Waals surface area contributed by atoms with E-state index in [1.54, 1.807) is 12.1 Å². The zero-order valence-corrected chi connectivity index (χ0v) is 15.4. The van der Waals surface area contributed by atoms with Crippen LogP contribution in [0.4, 0.5) is 0 Å². The molecule has 3 rings (SSSR count). The van der Waals surface area contributed by atoms with Crippen molar-refractivity contribution in [3.8, 4) is 0 Å². The first-order chi connectivity index (χ1) is 12.6. The van der Waals surface area contributed by atoms with Crippen LogP contribution in [-0.2, 0) is 4.57 Å². The molecule has 2 atom stereocenters. The van der Waals surface area contributed by atoms with E-state index >= 15 is 0 Å². The predicted molar refractivity (Wildman–Crippen MR) is 107 cm³/mol. The normalized spacial score (nSPS) is 13.9. The highest BCUT2D eigenvalue weighted by Crippen LogP contribution is 2.44. The molecule has 4 heteroatoms. The van der Waals surface area contributed by atoms with Crippen LogP contribution < -0.4 is 10.6 Å². The molecule has 0 aliphatic rings. The summed E-state index contributed by atoms with van der Waals surface area (Å²) in [6, 6.07) is 27.8. The molecule has 0 unspecified atom stereocenters. The summed E-state index contributed by atoms with van der Waals surface area (Å²) in [5, 5.41) is 22.4. The standard InChI is InChI=1S/C22H23O3P/c23-21(22(24)18-10-4-1-5-11-18)16-17-26(25,19-12-6-2-7-13-19)20-14-8-3-9-15-20/h1-15,21-24H,16-17H2/t21-,22-/m0/s1. The lowest BCUT2D eigenvalue weighted by Gasteiger charge is -2.23. The van der Waals surface area contributed by atoms with Gasteiger partial charge in [-0.05, 0) is 12.0 Å². The third kappa shape index (κ3) is 4.13. The Balaban J connectivity index is 1.82. The molecule has 0 aromatic heterocycles. The van der Waals surface area contributed by atoms with Crippen molar-refractivity contribution in [3.63, 3.8) is 0 Å². The van der Waals surface area contributed by atoms with Crippen molar-refractivity contribution >= 4 is 17.8 Å². The Morgan fingerprint density at radius 2 is 1.12 bits per heavy atom. The maximum Gasteiger partial charge on any atom is 0.143 e. The van der Waals surface area contributed by atoms with Gasteiger partial charge in [-0.3, -0.25) is 0 Å². The number of aliphatic hydroxyl groups excluding tert-OH is 2. The number of aliphatic hydroxyl groups is 2. The lowest BCUT2D eigenvalue weighted by atomic mass is 10.0. The summed E-state index contributed by atoms with van der Waals surface area (Å²) in [7, 11) is -2.88. The van der Waals surface area contributed by atoms with Crippen molar-refractivity contribution in [1.29, 1.82) is 0 Å². The van der Waals surface area contributed by atoms with Crippen LogP contribution in [0.15, 0.2) is 91.0 Å². The van der Waals surface area contributed by atoms with Gasteiger partial charge in [0.25, 0.3) is 0 Å². The first-order valence-corrected chi connectivity index (χ1v) is 10.6. The number of rotatable bonds is 7. The molecule has 0 spiro atoms. The molecule has 0 heterocycles. The van der Waals surface area contributed by atoms with Gasteiger partial charge in [-0.25, -0.2) is 0 Å². The Morgan fingerprint density at radius 3 is 1.58 bits per heavy atom. The molecule has 0 aliphatic carbocycles. The highest BCUT2D eigenvalue weighted by molar-refractivity contribution is 7.78. The summed E-state index contributed by atoms with van der Waals surface area (Å²) in [6.07, 6.45) is -1.42. The summed E-state index contributed by atoms with van der Waals surface area (Å²) in [5.41, 5.74) is 0.661. The van der Waals surface area contributed by atoms with Crippen LogP contribution in [0, 0.1) is 0 Å². The maximum absolute atomic E-state index is 13.9. The van der Waals surface area contributed by atoms with E-state index in [2.05, 4.69) is 0 Å². The minimum atomic E-state index is -2.88. The Hall–Kier alpha value is -2.19. The van der Waals surface area contributed by atoms with Gasteiger partial charge in [-0.15, -0.1) is 0 Å². The lowest BCUT2D eigenvalue weighted by Crippen LogP contribution is -2.24. The summed E-state index contributed by atoms with van der Waals surface area (Å²) in [4.78, 5) is 0. The van der Waals surface area contributed by atoms with Crippen LogP contribution in [0.2, 0.25) is 0 Å². The van der Waals surface area contributed by atoms with E-state index in [4.69, 9.17) is 0 Å². The quantitative estimate of drug-likeness (QED) is 0.630. The first kappa shape index (κ1) is 18.6. The third-order valence-corrected chi connectivity index (χ3v) is 7.74. The first-order valence-electron chi connectivity index (χ1n) is 8.72. The maximum atomic E-state index is 13.9. The average Bonchev–Trinajstić information content (AvgIpc) is 2.73. The smallest absolute Gasteiger partial charge is 0.143 e. The molecule has 0 amide bonds. The van der Waals surface area contributed by atoms with Gasteiger partial charge in [0.15, 0.2) is 0 Å². The van der Waals surface area contributed by atoms with Gasteiger partial charge in [-0.1, -0.05) is 91.0 Å². The zero-order chi connectivity index (χ0) is 18.4. The van der Waals surface area contributed by atoms with Crippen molar-refractivity contribution in [2.24, 2.45) is 0 Å². The van der Waals surface area contributed by atoms with Crippen LogP contribution in [0.3, 0.4) is 0 Å². The van der Waals surface area contributed by atoms with Crippen molar-refractivity contribution in [1.82, 2.24) is 0 Å². The second-order valence-electron chi connectivity index (χ2n) is 6.35. The molecule has 2 N–H and O–H groups in total. The summed E-state index contributed by atoms with van der Waals surface area (Å²) in [6.45, 7) is 0.